The summed E-state index contributed by atoms with van der Waals surface area (Å²) in [6, 6.07) is 5.82. The van der Waals surface area contributed by atoms with Gasteiger partial charge in [0.25, 0.3) is 5.91 Å². The lowest BCUT2D eigenvalue weighted by molar-refractivity contribution is -0.144. The second-order valence-corrected chi connectivity index (χ2v) is 6.52. The van der Waals surface area contributed by atoms with Crippen LogP contribution in [0.4, 0.5) is 15.9 Å². The van der Waals surface area contributed by atoms with Crippen molar-refractivity contribution in [3.05, 3.63) is 41.4 Å². The number of thioether (sulfide) groups is 1. The molecule has 144 valence electrons. The first-order valence-corrected chi connectivity index (χ1v) is 9.01. The van der Waals surface area contributed by atoms with Gasteiger partial charge in [0.2, 0.25) is 5.91 Å². The molecule has 27 heavy (non-hydrogen) atoms. The van der Waals surface area contributed by atoms with Crippen LogP contribution in [-0.4, -0.2) is 41.1 Å². The van der Waals surface area contributed by atoms with Crippen LogP contribution in [-0.2, 0) is 19.1 Å². The number of hydrogen-bond donors (Lipinski definition) is 2. The zero-order valence-electron chi connectivity index (χ0n) is 14.7. The third kappa shape index (κ3) is 7.10. The molecule has 0 radical (unpaired) electrons. The average Bonchev–Trinajstić information content (AvgIpc) is 3.01. The van der Waals surface area contributed by atoms with E-state index in [9.17, 15) is 18.8 Å². The highest BCUT2D eigenvalue weighted by molar-refractivity contribution is 8.00. The van der Waals surface area contributed by atoms with E-state index in [2.05, 4.69) is 15.8 Å². The second kappa shape index (κ2) is 9.72. The topological polar surface area (TPSA) is 111 Å². The Morgan fingerprint density at radius 1 is 1.15 bits per heavy atom. The van der Waals surface area contributed by atoms with Crippen LogP contribution >= 0.6 is 11.8 Å². The number of nitrogens with zero attached hydrogens (tertiary/aromatic N) is 1. The number of carbonyl (C=O) groups excluding carboxylic acids is 3. The molecule has 0 atom stereocenters. The number of rotatable bonds is 8. The van der Waals surface area contributed by atoms with Crippen LogP contribution < -0.4 is 10.6 Å². The minimum absolute atomic E-state index is 0.00977. The number of anilines is 2. The summed E-state index contributed by atoms with van der Waals surface area (Å²) in [6.45, 7) is 2.80. The fourth-order valence-corrected chi connectivity index (χ4v) is 2.50. The van der Waals surface area contributed by atoms with Gasteiger partial charge in [-0.3, -0.25) is 14.4 Å². The van der Waals surface area contributed by atoms with Crippen LogP contribution in [0.3, 0.4) is 0 Å². The molecule has 0 spiro atoms. The Kier molecular flexibility index (Phi) is 7.35. The highest BCUT2D eigenvalue weighted by Gasteiger charge is 2.11. The fourth-order valence-electron chi connectivity index (χ4n) is 1.89. The van der Waals surface area contributed by atoms with Gasteiger partial charge in [-0.25, -0.2) is 4.39 Å². The molecule has 2 aromatic rings. The van der Waals surface area contributed by atoms with E-state index in [1.54, 1.807) is 26.0 Å². The molecule has 0 saturated carbocycles. The molecule has 0 aliphatic carbocycles. The first-order valence-electron chi connectivity index (χ1n) is 7.86. The van der Waals surface area contributed by atoms with Crippen LogP contribution in [0, 0.1) is 19.7 Å². The maximum absolute atomic E-state index is 13.4. The molecular formula is C17H18FN3O5S. The number of amides is 2. The molecule has 2 N–H and O–H groups in total. The maximum atomic E-state index is 13.4. The van der Waals surface area contributed by atoms with Gasteiger partial charge in [0.05, 0.1) is 11.5 Å². The molecule has 0 bridgehead atoms. The van der Waals surface area contributed by atoms with Crippen molar-refractivity contribution in [2.24, 2.45) is 0 Å². The Hall–Kier alpha value is -2.88. The summed E-state index contributed by atoms with van der Waals surface area (Å²) >= 11 is 1.03. The molecule has 2 amide bonds. The van der Waals surface area contributed by atoms with Gasteiger partial charge in [-0.2, -0.15) is 0 Å². The van der Waals surface area contributed by atoms with Crippen molar-refractivity contribution in [2.45, 2.75) is 13.8 Å². The predicted molar refractivity (Wildman–Crippen MR) is 97.9 cm³/mol. The fraction of sp³-hybridized carbons (Fsp3) is 0.294. The number of carbonyl (C=O) groups is 3. The smallest absolute Gasteiger partial charge is 0.316 e. The quantitative estimate of drug-likeness (QED) is 0.660. The summed E-state index contributed by atoms with van der Waals surface area (Å²) < 4.78 is 23.0. The largest absolute Gasteiger partial charge is 0.455 e. The van der Waals surface area contributed by atoms with Crippen LogP contribution in [0.25, 0.3) is 0 Å². The van der Waals surface area contributed by atoms with Crippen molar-refractivity contribution in [1.82, 2.24) is 5.16 Å². The Balaban J connectivity index is 1.63. The average molecular weight is 395 g/mol. The van der Waals surface area contributed by atoms with Gasteiger partial charge in [-0.05, 0) is 31.5 Å². The zero-order valence-corrected chi connectivity index (χ0v) is 15.5. The minimum Gasteiger partial charge on any atom is -0.455 e. The highest BCUT2D eigenvalue weighted by atomic mass is 32.2. The molecule has 0 aliphatic rings. The second-order valence-electron chi connectivity index (χ2n) is 5.54. The van der Waals surface area contributed by atoms with E-state index < -0.39 is 24.3 Å². The Labute approximate surface area is 158 Å². The molecule has 1 aromatic carbocycles. The summed E-state index contributed by atoms with van der Waals surface area (Å²) in [6.07, 6.45) is 0. The number of esters is 1. The molecule has 0 aliphatic heterocycles. The third-order valence-corrected chi connectivity index (χ3v) is 4.07. The molecule has 0 unspecified atom stereocenters. The number of aromatic nitrogens is 1. The summed E-state index contributed by atoms with van der Waals surface area (Å²) in [5.41, 5.74) is 0.729. The Morgan fingerprint density at radius 2 is 1.93 bits per heavy atom. The van der Waals surface area contributed by atoms with Crippen molar-refractivity contribution in [1.29, 1.82) is 0 Å². The summed E-state index contributed by atoms with van der Waals surface area (Å²) in [5.74, 6) is -1.25. The Morgan fingerprint density at radius 3 is 2.59 bits per heavy atom. The van der Waals surface area contributed by atoms with E-state index in [1.165, 1.54) is 12.1 Å². The lowest BCUT2D eigenvalue weighted by atomic mass is 10.2. The molecule has 1 aromatic heterocycles. The first kappa shape index (κ1) is 20.4. The van der Waals surface area contributed by atoms with E-state index in [0.717, 1.165) is 11.8 Å². The number of benzene rings is 1. The molecule has 0 saturated heterocycles. The summed E-state index contributed by atoms with van der Waals surface area (Å²) in [5, 5.41) is 8.55. The standard InChI is InChI=1S/C17H18FN3O5S/c1-10-3-4-12(6-13(10)18)19-15(22)7-25-17(24)9-27-8-16(23)20-14-5-11(2)26-21-14/h3-6H,7-9H2,1-2H3,(H,19,22)(H,20,21,23). The van der Waals surface area contributed by atoms with Gasteiger partial charge in [0, 0.05) is 11.8 Å². The van der Waals surface area contributed by atoms with Crippen molar-refractivity contribution in [2.75, 3.05) is 28.7 Å². The predicted octanol–water partition coefficient (Wildman–Crippen LogP) is 2.28. The molecule has 1 heterocycles. The maximum Gasteiger partial charge on any atom is 0.316 e. The van der Waals surface area contributed by atoms with Gasteiger partial charge in [-0.15, -0.1) is 11.8 Å². The van der Waals surface area contributed by atoms with Gasteiger partial charge >= 0.3 is 5.97 Å². The van der Waals surface area contributed by atoms with E-state index >= 15 is 0 Å². The Bertz CT molecular complexity index is 840. The van der Waals surface area contributed by atoms with Crippen LogP contribution in [0.15, 0.2) is 28.8 Å². The minimum atomic E-state index is -0.643. The molecule has 8 nitrogen and oxygen atoms in total. The van der Waals surface area contributed by atoms with Crippen molar-refractivity contribution in [3.63, 3.8) is 0 Å². The third-order valence-electron chi connectivity index (χ3n) is 3.17. The zero-order chi connectivity index (χ0) is 19.8. The van der Waals surface area contributed by atoms with Gasteiger partial charge in [0.1, 0.15) is 11.6 Å². The van der Waals surface area contributed by atoms with E-state index in [1.807, 2.05) is 0 Å². The van der Waals surface area contributed by atoms with E-state index in [4.69, 9.17) is 9.26 Å². The molecule has 10 heteroatoms. The highest BCUT2D eigenvalue weighted by Crippen LogP contribution is 2.13. The molecular weight excluding hydrogens is 377 g/mol. The monoisotopic (exact) mass is 395 g/mol. The van der Waals surface area contributed by atoms with Gasteiger partial charge < -0.3 is 19.9 Å². The number of nitrogens with one attached hydrogen (secondary N) is 2. The lowest BCUT2D eigenvalue weighted by Gasteiger charge is -2.07. The normalized spacial score (nSPS) is 10.3. The number of hydrogen-bond acceptors (Lipinski definition) is 7. The first-order chi connectivity index (χ1) is 12.8. The van der Waals surface area contributed by atoms with Crippen LogP contribution in [0.5, 0.6) is 0 Å². The number of ether oxygens (including phenoxy) is 1. The summed E-state index contributed by atoms with van der Waals surface area (Å²) in [7, 11) is 0. The van der Waals surface area contributed by atoms with Crippen molar-refractivity contribution < 1.29 is 28.0 Å². The van der Waals surface area contributed by atoms with Gasteiger partial charge in [0.15, 0.2) is 12.4 Å². The summed E-state index contributed by atoms with van der Waals surface area (Å²) in [4.78, 5) is 35.0. The molecule has 2 rings (SSSR count). The molecule has 0 fully saturated rings. The van der Waals surface area contributed by atoms with E-state index in [-0.39, 0.29) is 23.1 Å². The van der Waals surface area contributed by atoms with Crippen LogP contribution in [0.1, 0.15) is 11.3 Å². The van der Waals surface area contributed by atoms with E-state index in [0.29, 0.717) is 17.1 Å². The van der Waals surface area contributed by atoms with Crippen molar-refractivity contribution in [3.8, 4) is 0 Å². The van der Waals surface area contributed by atoms with Gasteiger partial charge in [-0.1, -0.05) is 11.2 Å². The SMILES string of the molecule is Cc1cc(NC(=O)CSCC(=O)OCC(=O)Nc2ccc(C)c(F)c2)no1. The number of halogens is 1. The van der Waals surface area contributed by atoms with Crippen molar-refractivity contribution >= 4 is 41.1 Å². The van der Waals surface area contributed by atoms with Crippen LogP contribution in [0.2, 0.25) is 0 Å². The number of aryl methyl sites for hydroxylation is 2. The lowest BCUT2D eigenvalue weighted by Crippen LogP contribution is -2.22.